The van der Waals surface area contributed by atoms with Crippen molar-refractivity contribution in [2.75, 3.05) is 0 Å². The molecule has 0 saturated heterocycles. The van der Waals surface area contributed by atoms with Gasteiger partial charge in [0.05, 0.1) is 16.1 Å². The Kier molecular flexibility index (Phi) is 3.39. The number of alkyl halides is 7. The minimum atomic E-state index is -1.47. The smallest absolute Gasteiger partial charge is 0.121 e. The van der Waals surface area contributed by atoms with E-state index < -0.39 is 30.2 Å². The molecule has 18 heavy (non-hydrogen) atoms. The van der Waals surface area contributed by atoms with E-state index in [2.05, 4.69) is 0 Å². The van der Waals surface area contributed by atoms with E-state index in [1.807, 2.05) is 0 Å². The predicted octanol–water partition coefficient (Wildman–Crippen LogP) is 5.33. The molecule has 0 radical (unpaired) electrons. The molecule has 8 heteroatoms. The van der Waals surface area contributed by atoms with E-state index in [0.717, 1.165) is 0 Å². The molecule has 102 valence electrons. The predicted molar refractivity (Wildman–Crippen MR) is 81.4 cm³/mol. The Labute approximate surface area is 145 Å². The fourth-order valence-electron chi connectivity index (χ4n) is 3.41. The zero-order valence-corrected chi connectivity index (χ0v) is 14.5. The highest BCUT2D eigenvalue weighted by Crippen LogP contribution is 2.77. The number of hydrogen-bond acceptors (Lipinski definition) is 0. The largest absolute Gasteiger partial charge is 0.165 e. The van der Waals surface area contributed by atoms with Gasteiger partial charge in [0.15, 0.2) is 4.33 Å². The van der Waals surface area contributed by atoms with Gasteiger partial charge in [0.25, 0.3) is 0 Å². The maximum Gasteiger partial charge on any atom is 0.165 e. The van der Waals surface area contributed by atoms with Crippen LogP contribution in [0.2, 0.25) is 0 Å². The fraction of sp³-hybridized carbons (Fsp3) is 0.800. The zero-order valence-electron chi connectivity index (χ0n) is 8.49. The molecule has 0 aromatic heterocycles. The van der Waals surface area contributed by atoms with Gasteiger partial charge in [-0.05, 0) is 6.08 Å². The molecule has 0 aromatic carbocycles. The van der Waals surface area contributed by atoms with Crippen LogP contribution in [0.25, 0.3) is 0 Å². The number of fused-ring (bicyclic) bond motifs is 5. The summed E-state index contributed by atoms with van der Waals surface area (Å²) in [5.41, 5.74) is 0. The van der Waals surface area contributed by atoms with Gasteiger partial charge in [-0.25, -0.2) is 0 Å². The van der Waals surface area contributed by atoms with E-state index in [9.17, 15) is 0 Å². The Bertz CT molecular complexity index is 447. The molecular weight excluding hydrogens is 404 g/mol. The third-order valence-corrected chi connectivity index (χ3v) is 9.63. The molecule has 3 rings (SSSR count). The van der Waals surface area contributed by atoms with Crippen molar-refractivity contribution in [3.05, 3.63) is 11.1 Å². The molecule has 0 heterocycles. The molecule has 0 nitrogen and oxygen atoms in total. The van der Waals surface area contributed by atoms with Crippen molar-refractivity contribution in [1.29, 1.82) is 0 Å². The first-order valence-electron chi connectivity index (χ1n) is 5.17. The van der Waals surface area contributed by atoms with Crippen LogP contribution in [0.5, 0.6) is 0 Å². The van der Waals surface area contributed by atoms with Gasteiger partial charge in [-0.3, -0.25) is 0 Å². The van der Waals surface area contributed by atoms with Gasteiger partial charge in [-0.15, -0.1) is 58.0 Å². The van der Waals surface area contributed by atoms with E-state index >= 15 is 0 Å². The second-order valence-electron chi connectivity index (χ2n) is 4.93. The van der Waals surface area contributed by atoms with E-state index in [4.69, 9.17) is 92.8 Å². The number of halogens is 8. The lowest BCUT2D eigenvalue weighted by Crippen LogP contribution is -2.47. The maximum absolute atomic E-state index is 6.60. The van der Waals surface area contributed by atoms with Crippen molar-refractivity contribution in [2.45, 2.75) is 30.2 Å². The Morgan fingerprint density at radius 2 is 1.33 bits per heavy atom. The summed E-state index contributed by atoms with van der Waals surface area (Å²) in [7, 11) is 0. The fourth-order valence-corrected chi connectivity index (χ4v) is 7.41. The molecule has 2 fully saturated rings. The summed E-state index contributed by atoms with van der Waals surface area (Å²) in [4.78, 5) is -2.39. The summed E-state index contributed by atoms with van der Waals surface area (Å²) in [6.07, 6.45) is 1.58. The second kappa shape index (κ2) is 4.07. The first-order valence-corrected chi connectivity index (χ1v) is 8.37. The summed E-state index contributed by atoms with van der Waals surface area (Å²) in [6.45, 7) is 0. The third-order valence-electron chi connectivity index (χ3n) is 4.25. The van der Waals surface area contributed by atoms with Crippen LogP contribution in [0.3, 0.4) is 0 Å². The van der Waals surface area contributed by atoms with Crippen molar-refractivity contribution >= 4 is 92.8 Å². The first-order chi connectivity index (χ1) is 8.10. The van der Waals surface area contributed by atoms with Gasteiger partial charge in [0.1, 0.15) is 9.75 Å². The zero-order chi connectivity index (χ0) is 13.7. The van der Waals surface area contributed by atoms with Crippen LogP contribution in [0, 0.1) is 11.8 Å². The van der Waals surface area contributed by atoms with Crippen LogP contribution in [0.15, 0.2) is 11.1 Å². The van der Waals surface area contributed by atoms with Crippen LogP contribution in [-0.4, -0.2) is 30.2 Å². The van der Waals surface area contributed by atoms with Crippen LogP contribution in [0.4, 0.5) is 0 Å². The Balaban J connectivity index is 2.24. The molecule has 0 aliphatic heterocycles. The summed E-state index contributed by atoms with van der Waals surface area (Å²) in [5.74, 6) is -0.684. The molecule has 0 N–H and O–H groups in total. The second-order valence-corrected chi connectivity index (χ2v) is 9.40. The van der Waals surface area contributed by atoms with Gasteiger partial charge >= 0.3 is 0 Å². The molecule has 3 aliphatic carbocycles. The van der Waals surface area contributed by atoms with E-state index in [-0.39, 0.29) is 11.8 Å². The number of allylic oxidation sites excluding steroid dienone is 2. The lowest BCUT2D eigenvalue weighted by atomic mass is 9.84. The average Bonchev–Trinajstić information content (AvgIpc) is 2.63. The highest BCUT2D eigenvalue weighted by molar-refractivity contribution is 6.63. The van der Waals surface area contributed by atoms with Crippen LogP contribution < -0.4 is 0 Å². The quantitative estimate of drug-likeness (QED) is 0.474. The lowest BCUT2D eigenvalue weighted by molar-refractivity contribution is 0.392. The Hall–Kier alpha value is 2.06. The standard InChI is InChI=1S/C10H6Cl8/c11-2-1-8(15)3-4(6(13)7(14)5(3)12)9(2,16)10(8,17)18/h1,3-7H/t3?,4?,5-,6+,7+,8+,9?/m1/s1. The van der Waals surface area contributed by atoms with Crippen LogP contribution in [-0.2, 0) is 0 Å². The van der Waals surface area contributed by atoms with Gasteiger partial charge in [0.2, 0.25) is 0 Å². The van der Waals surface area contributed by atoms with Gasteiger partial charge in [-0.2, -0.15) is 0 Å². The first kappa shape index (κ1) is 15.0. The summed E-state index contributed by atoms with van der Waals surface area (Å²) in [6, 6.07) is 0. The highest BCUT2D eigenvalue weighted by atomic mass is 35.5. The molecule has 3 aliphatic rings. The van der Waals surface area contributed by atoms with Crippen molar-refractivity contribution in [3.63, 3.8) is 0 Å². The minimum absolute atomic E-state index is 0.311. The minimum Gasteiger partial charge on any atom is -0.121 e. The van der Waals surface area contributed by atoms with Gasteiger partial charge in [-0.1, -0.05) is 34.8 Å². The molecule has 7 atom stereocenters. The normalized spacial score (nSPS) is 60.9. The number of rotatable bonds is 0. The molecule has 2 bridgehead atoms. The Morgan fingerprint density at radius 3 is 1.89 bits per heavy atom. The van der Waals surface area contributed by atoms with Gasteiger partial charge in [0, 0.05) is 16.9 Å². The molecule has 0 aromatic rings. The number of hydrogen-bond donors (Lipinski definition) is 0. The average molecular weight is 410 g/mol. The molecule has 0 spiro atoms. The van der Waals surface area contributed by atoms with Crippen LogP contribution >= 0.6 is 92.8 Å². The third kappa shape index (κ3) is 1.32. The molecule has 0 amide bonds. The van der Waals surface area contributed by atoms with E-state index in [1.165, 1.54) is 0 Å². The monoisotopic (exact) mass is 406 g/mol. The molecule has 3 unspecified atom stereocenters. The van der Waals surface area contributed by atoms with Crippen molar-refractivity contribution < 1.29 is 0 Å². The maximum atomic E-state index is 6.60. The van der Waals surface area contributed by atoms with E-state index in [1.54, 1.807) is 6.08 Å². The summed E-state index contributed by atoms with van der Waals surface area (Å²) >= 11 is 51.0. The van der Waals surface area contributed by atoms with Crippen molar-refractivity contribution in [1.82, 2.24) is 0 Å². The van der Waals surface area contributed by atoms with E-state index in [0.29, 0.717) is 5.03 Å². The van der Waals surface area contributed by atoms with Crippen molar-refractivity contribution in [3.8, 4) is 0 Å². The van der Waals surface area contributed by atoms with Crippen molar-refractivity contribution in [2.24, 2.45) is 11.8 Å². The lowest BCUT2D eigenvalue weighted by Gasteiger charge is -2.35. The summed E-state index contributed by atoms with van der Waals surface area (Å²) < 4.78 is -1.47. The SMILES string of the molecule is ClC1=C[C@]2(Cl)C3C([C@H](Cl)[C@@H](Cl)[C@@H]3Cl)C1(Cl)C2(Cl)Cl. The summed E-state index contributed by atoms with van der Waals surface area (Å²) in [5, 5.41) is -1.10. The topological polar surface area (TPSA) is 0 Å². The Morgan fingerprint density at radius 1 is 0.833 bits per heavy atom. The molecular formula is C10H6Cl8. The van der Waals surface area contributed by atoms with Crippen LogP contribution in [0.1, 0.15) is 0 Å². The molecule has 2 saturated carbocycles. The highest BCUT2D eigenvalue weighted by Gasteiger charge is 2.83. The van der Waals surface area contributed by atoms with Gasteiger partial charge < -0.3 is 0 Å².